The molecule has 2 aromatic carbocycles. The molecule has 0 unspecified atom stereocenters. The first kappa shape index (κ1) is 23.9. The third-order valence-corrected chi connectivity index (χ3v) is 6.44. The number of rotatable bonds is 6. The topological polar surface area (TPSA) is 82.7 Å². The standard InChI is InChI=1S/C26H33FN4O3/c27-20-7-4-6-19(16-20)18-34-24-11-5-10-23(17-24)30-26(33)31-14-12-22(13-15-31)29-25(32)28-21-8-2-1-3-9-21/h4-7,10-11,16-17,21-22H,1-3,8-9,12-15,18H2,(H,30,33)(H2,28,29,32). The molecule has 182 valence electrons. The van der Waals surface area contributed by atoms with Gasteiger partial charge in [-0.05, 0) is 55.5 Å². The maximum atomic E-state index is 13.3. The Morgan fingerprint density at radius 3 is 2.35 bits per heavy atom. The summed E-state index contributed by atoms with van der Waals surface area (Å²) in [6.07, 6.45) is 7.18. The second-order valence-corrected chi connectivity index (χ2v) is 9.09. The van der Waals surface area contributed by atoms with Crippen LogP contribution in [-0.4, -0.2) is 42.1 Å². The van der Waals surface area contributed by atoms with Gasteiger partial charge in [-0.3, -0.25) is 0 Å². The van der Waals surface area contributed by atoms with Crippen LogP contribution in [0.1, 0.15) is 50.5 Å². The Morgan fingerprint density at radius 1 is 0.912 bits per heavy atom. The van der Waals surface area contributed by atoms with Gasteiger partial charge in [0.05, 0.1) is 0 Å². The van der Waals surface area contributed by atoms with Crippen molar-refractivity contribution in [2.45, 2.75) is 63.6 Å². The third kappa shape index (κ3) is 7.10. The summed E-state index contributed by atoms with van der Waals surface area (Å²) in [7, 11) is 0. The zero-order valence-electron chi connectivity index (χ0n) is 19.4. The molecule has 2 aliphatic rings. The molecule has 1 aliphatic carbocycles. The zero-order chi connectivity index (χ0) is 23.8. The molecule has 34 heavy (non-hydrogen) atoms. The first-order valence-electron chi connectivity index (χ1n) is 12.2. The van der Waals surface area contributed by atoms with Gasteiger partial charge >= 0.3 is 12.1 Å². The normalized spacial score (nSPS) is 17.1. The number of amides is 4. The number of likely N-dealkylation sites (tertiary alicyclic amines) is 1. The molecule has 0 atom stereocenters. The van der Waals surface area contributed by atoms with E-state index in [0.29, 0.717) is 24.5 Å². The average molecular weight is 469 g/mol. The highest BCUT2D eigenvalue weighted by molar-refractivity contribution is 5.89. The number of ether oxygens (including phenoxy) is 1. The zero-order valence-corrected chi connectivity index (χ0v) is 19.4. The van der Waals surface area contributed by atoms with Gasteiger partial charge in [0.2, 0.25) is 0 Å². The molecule has 0 aromatic heterocycles. The highest BCUT2D eigenvalue weighted by atomic mass is 19.1. The Kier molecular flexibility index (Phi) is 8.22. The minimum absolute atomic E-state index is 0.0761. The van der Waals surface area contributed by atoms with Gasteiger partial charge < -0.3 is 25.6 Å². The Morgan fingerprint density at radius 2 is 1.62 bits per heavy atom. The summed E-state index contributed by atoms with van der Waals surface area (Å²) in [5.74, 6) is 0.292. The van der Waals surface area contributed by atoms with E-state index in [1.165, 1.54) is 31.4 Å². The minimum atomic E-state index is -0.300. The molecule has 0 radical (unpaired) electrons. The SMILES string of the molecule is O=C(NC1CCCCC1)NC1CCN(C(=O)Nc2cccc(OCc3cccc(F)c3)c2)CC1. The number of halogens is 1. The highest BCUT2D eigenvalue weighted by Crippen LogP contribution is 2.21. The van der Waals surface area contributed by atoms with Crippen molar-refractivity contribution in [2.24, 2.45) is 0 Å². The van der Waals surface area contributed by atoms with E-state index < -0.39 is 0 Å². The first-order chi connectivity index (χ1) is 16.5. The van der Waals surface area contributed by atoms with Crippen LogP contribution in [-0.2, 0) is 6.61 Å². The van der Waals surface area contributed by atoms with E-state index in [-0.39, 0.29) is 36.6 Å². The van der Waals surface area contributed by atoms with E-state index in [1.54, 1.807) is 41.3 Å². The molecular formula is C26H33FN4O3. The predicted octanol–water partition coefficient (Wildman–Crippen LogP) is 5.03. The van der Waals surface area contributed by atoms with Crippen LogP contribution in [0.4, 0.5) is 19.7 Å². The molecule has 3 N–H and O–H groups in total. The molecule has 1 saturated heterocycles. The molecule has 1 heterocycles. The van der Waals surface area contributed by atoms with Crippen LogP contribution in [0.5, 0.6) is 5.75 Å². The summed E-state index contributed by atoms with van der Waals surface area (Å²) in [5, 5.41) is 9.07. The van der Waals surface area contributed by atoms with E-state index >= 15 is 0 Å². The van der Waals surface area contributed by atoms with Crippen molar-refractivity contribution in [2.75, 3.05) is 18.4 Å². The predicted molar refractivity (Wildman–Crippen MR) is 129 cm³/mol. The van der Waals surface area contributed by atoms with Gasteiger partial charge in [-0.2, -0.15) is 0 Å². The number of benzene rings is 2. The number of hydrogen-bond donors (Lipinski definition) is 3. The monoisotopic (exact) mass is 468 g/mol. The van der Waals surface area contributed by atoms with Crippen molar-refractivity contribution in [3.63, 3.8) is 0 Å². The van der Waals surface area contributed by atoms with Gasteiger partial charge in [-0.15, -0.1) is 0 Å². The fourth-order valence-electron chi connectivity index (χ4n) is 4.55. The number of urea groups is 2. The van der Waals surface area contributed by atoms with Crippen molar-refractivity contribution >= 4 is 17.7 Å². The highest BCUT2D eigenvalue weighted by Gasteiger charge is 2.25. The molecule has 4 amide bonds. The maximum absolute atomic E-state index is 13.3. The number of nitrogens with one attached hydrogen (secondary N) is 3. The van der Waals surface area contributed by atoms with Crippen molar-refractivity contribution in [3.05, 3.63) is 59.9 Å². The van der Waals surface area contributed by atoms with Gasteiger partial charge in [0.1, 0.15) is 18.2 Å². The number of anilines is 1. The van der Waals surface area contributed by atoms with Crippen molar-refractivity contribution in [3.8, 4) is 5.75 Å². The first-order valence-corrected chi connectivity index (χ1v) is 12.2. The van der Waals surface area contributed by atoms with Crippen molar-refractivity contribution < 1.29 is 18.7 Å². The average Bonchev–Trinajstić information content (AvgIpc) is 2.84. The van der Waals surface area contributed by atoms with Crippen molar-refractivity contribution in [1.82, 2.24) is 15.5 Å². The van der Waals surface area contributed by atoms with Crippen LogP contribution in [0.25, 0.3) is 0 Å². The lowest BCUT2D eigenvalue weighted by atomic mass is 9.96. The number of carbonyl (C=O) groups is 2. The molecule has 2 fully saturated rings. The Labute approximate surface area is 200 Å². The maximum Gasteiger partial charge on any atom is 0.321 e. The lowest BCUT2D eigenvalue weighted by Gasteiger charge is -2.33. The lowest BCUT2D eigenvalue weighted by molar-refractivity contribution is 0.186. The summed E-state index contributed by atoms with van der Waals surface area (Å²) in [6, 6.07) is 13.5. The van der Waals surface area contributed by atoms with Crippen LogP contribution in [0.15, 0.2) is 48.5 Å². The van der Waals surface area contributed by atoms with E-state index in [0.717, 1.165) is 31.2 Å². The van der Waals surface area contributed by atoms with Gasteiger partial charge in [0.25, 0.3) is 0 Å². The Balaban J connectivity index is 1.20. The molecule has 1 aliphatic heterocycles. The van der Waals surface area contributed by atoms with Crippen LogP contribution in [0, 0.1) is 5.82 Å². The van der Waals surface area contributed by atoms with Crippen molar-refractivity contribution in [1.29, 1.82) is 0 Å². The second kappa shape index (κ2) is 11.7. The molecule has 0 spiro atoms. The number of nitrogens with zero attached hydrogens (tertiary/aromatic N) is 1. The second-order valence-electron chi connectivity index (χ2n) is 9.09. The number of piperidine rings is 1. The molecule has 2 aromatic rings. The molecule has 4 rings (SSSR count). The third-order valence-electron chi connectivity index (χ3n) is 6.44. The van der Waals surface area contributed by atoms with Crippen LogP contribution in [0.2, 0.25) is 0 Å². The van der Waals surface area contributed by atoms with Gasteiger partial charge in [0.15, 0.2) is 0 Å². The minimum Gasteiger partial charge on any atom is -0.489 e. The van der Waals surface area contributed by atoms with Gasteiger partial charge in [0, 0.05) is 36.9 Å². The summed E-state index contributed by atoms with van der Waals surface area (Å²) >= 11 is 0. The molecule has 7 nitrogen and oxygen atoms in total. The van der Waals surface area contributed by atoms with Crippen LogP contribution in [0.3, 0.4) is 0 Å². The molecule has 8 heteroatoms. The summed E-state index contributed by atoms with van der Waals surface area (Å²) in [6.45, 7) is 1.40. The lowest BCUT2D eigenvalue weighted by Crippen LogP contribution is -2.51. The Hall–Kier alpha value is -3.29. The fourth-order valence-corrected chi connectivity index (χ4v) is 4.55. The van der Waals surface area contributed by atoms with Gasteiger partial charge in [-0.1, -0.05) is 37.5 Å². The summed E-state index contributed by atoms with van der Waals surface area (Å²) in [5.41, 5.74) is 1.37. The quantitative estimate of drug-likeness (QED) is 0.556. The van der Waals surface area contributed by atoms with Gasteiger partial charge in [-0.25, -0.2) is 14.0 Å². The fraction of sp³-hybridized carbons (Fsp3) is 0.462. The number of hydrogen-bond acceptors (Lipinski definition) is 3. The Bertz CT molecular complexity index is 972. The largest absolute Gasteiger partial charge is 0.489 e. The molecule has 1 saturated carbocycles. The summed E-state index contributed by atoms with van der Waals surface area (Å²) in [4.78, 5) is 26.8. The van der Waals surface area contributed by atoms with E-state index in [9.17, 15) is 14.0 Å². The van der Waals surface area contributed by atoms with E-state index in [4.69, 9.17) is 4.74 Å². The smallest absolute Gasteiger partial charge is 0.321 e. The summed E-state index contributed by atoms with van der Waals surface area (Å²) < 4.78 is 19.1. The molecular weight excluding hydrogens is 435 g/mol. The van der Waals surface area contributed by atoms with E-state index in [2.05, 4.69) is 16.0 Å². The van der Waals surface area contributed by atoms with E-state index in [1.807, 2.05) is 0 Å². The molecule has 0 bridgehead atoms. The number of carbonyl (C=O) groups excluding carboxylic acids is 2. The van der Waals surface area contributed by atoms with Crippen LogP contribution < -0.4 is 20.7 Å². The van der Waals surface area contributed by atoms with Crippen LogP contribution >= 0.6 is 0 Å².